The molecule has 6 heteroatoms. The number of carbonyl (C=O) groups is 1. The van der Waals surface area contributed by atoms with E-state index in [2.05, 4.69) is 20.7 Å². The van der Waals surface area contributed by atoms with Crippen molar-refractivity contribution in [2.75, 3.05) is 0 Å². The fourth-order valence-electron chi connectivity index (χ4n) is 1.70. The first-order chi connectivity index (χ1) is 9.97. The topological polar surface area (TPSA) is 70.1 Å². The van der Waals surface area contributed by atoms with Crippen LogP contribution in [-0.4, -0.2) is 21.8 Å². The first-order valence-electron chi connectivity index (χ1n) is 6.63. The quantitative estimate of drug-likeness (QED) is 0.672. The van der Waals surface area contributed by atoms with E-state index in [1.807, 2.05) is 32.9 Å². The molecule has 0 atom stereocenters. The van der Waals surface area contributed by atoms with Crippen molar-refractivity contribution in [1.82, 2.24) is 15.6 Å². The molecule has 110 valence electrons. The van der Waals surface area contributed by atoms with E-state index < -0.39 is 0 Å². The van der Waals surface area contributed by atoms with Crippen LogP contribution in [0.4, 0.5) is 0 Å². The van der Waals surface area contributed by atoms with Gasteiger partial charge in [-0.2, -0.15) is 10.2 Å². The molecule has 21 heavy (non-hydrogen) atoms. The molecule has 1 aromatic heterocycles. The van der Waals surface area contributed by atoms with E-state index in [9.17, 15) is 4.79 Å². The Morgan fingerprint density at radius 3 is 2.57 bits per heavy atom. The zero-order chi connectivity index (χ0) is 15.4. The maximum atomic E-state index is 11.9. The molecule has 1 heterocycles. The molecule has 0 fully saturated rings. The number of hydrazone groups is 1. The van der Waals surface area contributed by atoms with Crippen LogP contribution in [0.15, 0.2) is 35.4 Å². The van der Waals surface area contributed by atoms with E-state index in [4.69, 9.17) is 11.6 Å². The number of rotatable bonds is 4. The number of aromatic nitrogens is 2. The van der Waals surface area contributed by atoms with Gasteiger partial charge in [-0.25, -0.2) is 5.43 Å². The van der Waals surface area contributed by atoms with Gasteiger partial charge in [0.25, 0.3) is 5.91 Å². The standard InChI is InChI=1S/C15H17ClN4O/c1-9(2)13-8-14(19-18-13)15(21)20-17-10(3)11-4-6-12(16)7-5-11/h4-9H,1-3H3,(H,18,19)(H,20,21)/b17-10-. The Kier molecular flexibility index (Phi) is 4.75. The maximum absolute atomic E-state index is 11.9. The highest BCUT2D eigenvalue weighted by Gasteiger charge is 2.11. The molecule has 2 aromatic rings. The largest absolute Gasteiger partial charge is 0.291 e. The lowest BCUT2D eigenvalue weighted by atomic mass is 10.1. The van der Waals surface area contributed by atoms with Crippen LogP contribution >= 0.6 is 11.6 Å². The third kappa shape index (κ3) is 3.92. The maximum Gasteiger partial charge on any atom is 0.291 e. The second kappa shape index (κ2) is 6.54. The van der Waals surface area contributed by atoms with Gasteiger partial charge < -0.3 is 0 Å². The molecule has 0 radical (unpaired) electrons. The summed E-state index contributed by atoms with van der Waals surface area (Å²) in [7, 11) is 0. The van der Waals surface area contributed by atoms with Gasteiger partial charge in [0.1, 0.15) is 0 Å². The number of hydrogen-bond acceptors (Lipinski definition) is 3. The number of nitrogens with zero attached hydrogens (tertiary/aromatic N) is 2. The number of amides is 1. The summed E-state index contributed by atoms with van der Waals surface area (Å²) in [5.41, 5.74) is 5.33. The molecular weight excluding hydrogens is 288 g/mol. The Bertz CT molecular complexity index is 659. The van der Waals surface area contributed by atoms with Gasteiger partial charge in [-0.1, -0.05) is 37.6 Å². The Labute approximate surface area is 128 Å². The van der Waals surface area contributed by atoms with E-state index >= 15 is 0 Å². The Hall–Kier alpha value is -2.14. The zero-order valence-corrected chi connectivity index (χ0v) is 12.9. The lowest BCUT2D eigenvalue weighted by Crippen LogP contribution is -2.19. The summed E-state index contributed by atoms with van der Waals surface area (Å²) in [5, 5.41) is 11.5. The van der Waals surface area contributed by atoms with Crippen molar-refractivity contribution in [2.24, 2.45) is 5.10 Å². The molecule has 2 rings (SSSR count). The highest BCUT2D eigenvalue weighted by Crippen LogP contribution is 2.12. The van der Waals surface area contributed by atoms with Crippen LogP contribution in [0.25, 0.3) is 0 Å². The van der Waals surface area contributed by atoms with Gasteiger partial charge in [0.15, 0.2) is 5.69 Å². The lowest BCUT2D eigenvalue weighted by Gasteiger charge is -2.01. The number of hydrogen-bond donors (Lipinski definition) is 2. The van der Waals surface area contributed by atoms with Crippen LogP contribution < -0.4 is 5.43 Å². The molecule has 0 aliphatic rings. The van der Waals surface area contributed by atoms with Crippen LogP contribution in [0.1, 0.15) is 48.4 Å². The highest BCUT2D eigenvalue weighted by molar-refractivity contribution is 6.30. The van der Waals surface area contributed by atoms with Gasteiger partial charge in [-0.3, -0.25) is 9.89 Å². The van der Waals surface area contributed by atoms with E-state index in [0.717, 1.165) is 11.3 Å². The van der Waals surface area contributed by atoms with Gasteiger partial charge in [0.2, 0.25) is 0 Å². The van der Waals surface area contributed by atoms with E-state index in [0.29, 0.717) is 22.3 Å². The molecule has 1 amide bonds. The number of carbonyl (C=O) groups excluding carboxylic acids is 1. The number of benzene rings is 1. The molecule has 5 nitrogen and oxygen atoms in total. The molecule has 0 saturated carbocycles. The lowest BCUT2D eigenvalue weighted by molar-refractivity contribution is 0.0950. The average molecular weight is 305 g/mol. The van der Waals surface area contributed by atoms with Crippen LogP contribution in [-0.2, 0) is 0 Å². The van der Waals surface area contributed by atoms with Crippen molar-refractivity contribution in [3.63, 3.8) is 0 Å². The van der Waals surface area contributed by atoms with E-state index in [1.165, 1.54) is 0 Å². The minimum atomic E-state index is -0.341. The number of nitrogens with one attached hydrogen (secondary N) is 2. The van der Waals surface area contributed by atoms with Gasteiger partial charge in [0.05, 0.1) is 5.71 Å². The molecule has 0 bridgehead atoms. The fraction of sp³-hybridized carbons (Fsp3) is 0.267. The van der Waals surface area contributed by atoms with Crippen LogP contribution in [0.3, 0.4) is 0 Å². The van der Waals surface area contributed by atoms with Crippen molar-refractivity contribution >= 4 is 23.2 Å². The second-order valence-electron chi connectivity index (χ2n) is 5.01. The molecule has 0 aliphatic heterocycles. The zero-order valence-electron chi connectivity index (χ0n) is 12.1. The summed E-state index contributed by atoms with van der Waals surface area (Å²) in [6.07, 6.45) is 0. The summed E-state index contributed by atoms with van der Waals surface area (Å²) in [6.45, 7) is 5.86. The monoisotopic (exact) mass is 304 g/mol. The summed E-state index contributed by atoms with van der Waals surface area (Å²) < 4.78 is 0. The molecule has 0 saturated heterocycles. The molecular formula is C15H17ClN4O. The van der Waals surface area contributed by atoms with Gasteiger partial charge in [-0.15, -0.1) is 0 Å². The number of H-pyrrole nitrogens is 1. The van der Waals surface area contributed by atoms with Gasteiger partial charge >= 0.3 is 0 Å². The summed E-state index contributed by atoms with van der Waals surface area (Å²) in [4.78, 5) is 11.9. The SMILES string of the molecule is C/C(=N/NC(=O)c1cc(C(C)C)[nH]n1)c1ccc(Cl)cc1. The minimum Gasteiger partial charge on any atom is -0.282 e. The van der Waals surface area contributed by atoms with Gasteiger partial charge in [-0.05, 0) is 36.6 Å². The molecule has 0 unspecified atom stereocenters. The first kappa shape index (κ1) is 15.3. The third-order valence-electron chi connectivity index (χ3n) is 3.04. The number of aromatic amines is 1. The van der Waals surface area contributed by atoms with Crippen molar-refractivity contribution < 1.29 is 4.79 Å². The normalized spacial score (nSPS) is 11.8. The smallest absolute Gasteiger partial charge is 0.282 e. The second-order valence-corrected chi connectivity index (χ2v) is 5.44. The fourth-order valence-corrected chi connectivity index (χ4v) is 1.82. The Morgan fingerprint density at radius 1 is 1.33 bits per heavy atom. The van der Waals surface area contributed by atoms with Crippen molar-refractivity contribution in [2.45, 2.75) is 26.7 Å². The van der Waals surface area contributed by atoms with Crippen molar-refractivity contribution in [3.8, 4) is 0 Å². The molecule has 0 spiro atoms. The van der Waals surface area contributed by atoms with Crippen LogP contribution in [0, 0.1) is 0 Å². The van der Waals surface area contributed by atoms with E-state index in [1.54, 1.807) is 18.2 Å². The molecule has 0 aliphatic carbocycles. The third-order valence-corrected chi connectivity index (χ3v) is 3.29. The summed E-state index contributed by atoms with van der Waals surface area (Å²) in [6, 6.07) is 8.98. The Balaban J connectivity index is 2.05. The van der Waals surface area contributed by atoms with Crippen LogP contribution in [0.2, 0.25) is 5.02 Å². The van der Waals surface area contributed by atoms with Gasteiger partial charge in [0, 0.05) is 10.7 Å². The van der Waals surface area contributed by atoms with Crippen LogP contribution in [0.5, 0.6) is 0 Å². The number of halogens is 1. The molecule has 2 N–H and O–H groups in total. The van der Waals surface area contributed by atoms with Crippen molar-refractivity contribution in [1.29, 1.82) is 0 Å². The summed E-state index contributed by atoms with van der Waals surface area (Å²) >= 11 is 5.83. The van der Waals surface area contributed by atoms with Crippen molar-refractivity contribution in [3.05, 3.63) is 52.3 Å². The molecule has 1 aromatic carbocycles. The average Bonchev–Trinajstić information content (AvgIpc) is 2.95. The summed E-state index contributed by atoms with van der Waals surface area (Å²) in [5.74, 6) is -0.0511. The Morgan fingerprint density at radius 2 is 2.00 bits per heavy atom. The van der Waals surface area contributed by atoms with E-state index in [-0.39, 0.29) is 5.91 Å². The minimum absolute atomic E-state index is 0.290. The predicted octanol–water partition coefficient (Wildman–Crippen LogP) is 3.34. The first-order valence-corrected chi connectivity index (χ1v) is 7.01. The highest BCUT2D eigenvalue weighted by atomic mass is 35.5. The predicted molar refractivity (Wildman–Crippen MR) is 83.8 cm³/mol.